The number of rotatable bonds is 2. The van der Waals surface area contributed by atoms with Crippen LogP contribution >= 0.6 is 22.3 Å². The Balaban J connectivity index is 3.15. The standard InChI is InChI=1S/C6H10Cl2N2O2S/c1-3-6(13(8,11)12)4-5(7)10(2)9-6/h4,9H,3H2,1-2H3. The van der Waals surface area contributed by atoms with E-state index in [0.717, 1.165) is 0 Å². The number of nitrogens with zero attached hydrogens (tertiary/aromatic N) is 1. The van der Waals surface area contributed by atoms with Crippen LogP contribution in [0, 0.1) is 0 Å². The van der Waals surface area contributed by atoms with Crippen LogP contribution < -0.4 is 5.43 Å². The first-order valence-corrected chi connectivity index (χ1v) is 6.35. The van der Waals surface area contributed by atoms with Crippen LogP contribution in [0.4, 0.5) is 0 Å². The Kier molecular flexibility index (Phi) is 2.83. The Morgan fingerprint density at radius 1 is 1.69 bits per heavy atom. The van der Waals surface area contributed by atoms with Crippen LogP contribution in [-0.2, 0) is 9.05 Å². The van der Waals surface area contributed by atoms with Gasteiger partial charge in [-0.05, 0) is 12.5 Å². The fourth-order valence-corrected chi connectivity index (χ4v) is 2.84. The van der Waals surface area contributed by atoms with Gasteiger partial charge in [0.2, 0.25) is 0 Å². The second-order valence-corrected chi connectivity index (χ2v) is 6.03. The third-order valence-electron chi connectivity index (χ3n) is 1.99. The van der Waals surface area contributed by atoms with Crippen LogP contribution in [0.25, 0.3) is 0 Å². The van der Waals surface area contributed by atoms with E-state index in [0.29, 0.717) is 11.6 Å². The molecular weight excluding hydrogens is 235 g/mol. The minimum absolute atomic E-state index is 0.319. The van der Waals surface area contributed by atoms with Crippen molar-refractivity contribution in [3.8, 4) is 0 Å². The van der Waals surface area contributed by atoms with Crippen molar-refractivity contribution < 1.29 is 8.42 Å². The third kappa shape index (κ3) is 1.79. The van der Waals surface area contributed by atoms with Gasteiger partial charge in [0.15, 0.2) is 4.87 Å². The summed E-state index contributed by atoms with van der Waals surface area (Å²) in [7, 11) is 3.21. The van der Waals surface area contributed by atoms with Gasteiger partial charge in [-0.1, -0.05) is 18.5 Å². The third-order valence-corrected chi connectivity index (χ3v) is 4.55. The molecule has 0 amide bonds. The van der Waals surface area contributed by atoms with Crippen molar-refractivity contribution in [3.63, 3.8) is 0 Å². The van der Waals surface area contributed by atoms with Crippen LogP contribution in [0.2, 0.25) is 0 Å². The van der Waals surface area contributed by atoms with Gasteiger partial charge in [-0.2, -0.15) is 0 Å². The average Bonchev–Trinajstić information content (AvgIpc) is 2.28. The summed E-state index contributed by atoms with van der Waals surface area (Å²) in [5, 5.41) is 1.75. The summed E-state index contributed by atoms with van der Waals surface area (Å²) in [5.41, 5.74) is 2.70. The van der Waals surface area contributed by atoms with Crippen molar-refractivity contribution in [2.45, 2.75) is 18.2 Å². The minimum Gasteiger partial charge on any atom is -0.300 e. The first-order valence-electron chi connectivity index (χ1n) is 3.66. The van der Waals surface area contributed by atoms with Gasteiger partial charge in [0, 0.05) is 17.7 Å². The summed E-state index contributed by atoms with van der Waals surface area (Å²) in [6.07, 6.45) is 1.72. The summed E-state index contributed by atoms with van der Waals surface area (Å²) >= 11 is 5.73. The first kappa shape index (κ1) is 11.1. The van der Waals surface area contributed by atoms with Crippen molar-refractivity contribution >= 4 is 31.3 Å². The monoisotopic (exact) mass is 244 g/mol. The molecule has 7 heteroatoms. The molecule has 1 rings (SSSR count). The molecule has 1 aliphatic heterocycles. The van der Waals surface area contributed by atoms with E-state index in [2.05, 4.69) is 5.43 Å². The summed E-state index contributed by atoms with van der Waals surface area (Å²) in [5.74, 6) is 0. The second kappa shape index (κ2) is 3.31. The molecule has 0 aromatic rings. The molecule has 0 spiro atoms. The van der Waals surface area contributed by atoms with E-state index < -0.39 is 13.9 Å². The quantitative estimate of drug-likeness (QED) is 0.586. The van der Waals surface area contributed by atoms with E-state index in [-0.39, 0.29) is 0 Å². The normalized spacial score (nSPS) is 29.2. The molecule has 0 aromatic carbocycles. The van der Waals surface area contributed by atoms with Crippen molar-refractivity contribution in [2.24, 2.45) is 0 Å². The molecule has 0 aromatic heterocycles. The maximum atomic E-state index is 11.3. The van der Waals surface area contributed by atoms with E-state index in [1.165, 1.54) is 11.1 Å². The Morgan fingerprint density at radius 3 is 2.38 bits per heavy atom. The Hall–Kier alpha value is 0.0300. The average molecular weight is 245 g/mol. The topological polar surface area (TPSA) is 49.4 Å². The molecule has 1 atom stereocenters. The molecule has 1 unspecified atom stereocenters. The van der Waals surface area contributed by atoms with Gasteiger partial charge in [0.1, 0.15) is 5.16 Å². The molecular formula is C6H10Cl2N2O2S. The molecule has 0 radical (unpaired) electrons. The van der Waals surface area contributed by atoms with Crippen LogP contribution in [0.1, 0.15) is 13.3 Å². The largest absolute Gasteiger partial charge is 0.300 e. The van der Waals surface area contributed by atoms with Crippen LogP contribution in [0.15, 0.2) is 11.2 Å². The Labute approximate surface area is 86.9 Å². The van der Waals surface area contributed by atoms with E-state index in [1.807, 2.05) is 0 Å². The van der Waals surface area contributed by atoms with E-state index in [4.69, 9.17) is 22.3 Å². The lowest BCUT2D eigenvalue weighted by Crippen LogP contribution is -2.48. The zero-order valence-electron chi connectivity index (χ0n) is 7.21. The maximum Gasteiger partial charge on any atom is 0.256 e. The van der Waals surface area contributed by atoms with Gasteiger partial charge in [-0.3, -0.25) is 5.01 Å². The lowest BCUT2D eigenvalue weighted by Gasteiger charge is -2.24. The van der Waals surface area contributed by atoms with Gasteiger partial charge < -0.3 is 0 Å². The highest BCUT2D eigenvalue weighted by molar-refractivity contribution is 8.14. The zero-order chi connectivity index (χ0) is 10.3. The lowest BCUT2D eigenvalue weighted by molar-refractivity contribution is 0.295. The molecule has 0 saturated carbocycles. The molecule has 0 aliphatic carbocycles. The fraction of sp³-hybridized carbons (Fsp3) is 0.667. The van der Waals surface area contributed by atoms with Gasteiger partial charge in [-0.25, -0.2) is 13.8 Å². The Bertz CT molecular complexity index is 341. The molecule has 1 N–H and O–H groups in total. The highest BCUT2D eigenvalue weighted by atomic mass is 35.7. The summed E-state index contributed by atoms with van der Waals surface area (Å²) in [4.78, 5) is -1.26. The van der Waals surface area contributed by atoms with Crippen molar-refractivity contribution in [3.05, 3.63) is 11.2 Å². The van der Waals surface area contributed by atoms with Crippen molar-refractivity contribution in [2.75, 3.05) is 7.05 Å². The summed E-state index contributed by atoms with van der Waals surface area (Å²) < 4.78 is 22.5. The molecule has 0 saturated heterocycles. The number of halogens is 2. The van der Waals surface area contributed by atoms with Crippen LogP contribution in [0.5, 0.6) is 0 Å². The van der Waals surface area contributed by atoms with Gasteiger partial charge in [0.25, 0.3) is 9.05 Å². The first-order chi connectivity index (χ1) is 5.82. The second-order valence-electron chi connectivity index (χ2n) is 2.82. The van der Waals surface area contributed by atoms with E-state index in [9.17, 15) is 8.42 Å². The lowest BCUT2D eigenvalue weighted by atomic mass is 10.2. The molecule has 0 bridgehead atoms. The van der Waals surface area contributed by atoms with E-state index in [1.54, 1.807) is 14.0 Å². The molecule has 13 heavy (non-hydrogen) atoms. The SMILES string of the molecule is CCC1(S(=O)(=O)Cl)C=C(Cl)N(C)N1. The smallest absolute Gasteiger partial charge is 0.256 e. The number of hydrazine groups is 1. The van der Waals surface area contributed by atoms with Crippen molar-refractivity contribution in [1.29, 1.82) is 0 Å². The minimum atomic E-state index is -3.72. The molecule has 1 aliphatic rings. The maximum absolute atomic E-state index is 11.3. The molecule has 1 heterocycles. The number of nitrogens with one attached hydrogen (secondary N) is 1. The predicted molar refractivity (Wildman–Crippen MR) is 52.6 cm³/mol. The van der Waals surface area contributed by atoms with Crippen LogP contribution in [-0.4, -0.2) is 25.3 Å². The van der Waals surface area contributed by atoms with Gasteiger partial charge in [0.05, 0.1) is 0 Å². The van der Waals surface area contributed by atoms with Gasteiger partial charge >= 0.3 is 0 Å². The zero-order valence-corrected chi connectivity index (χ0v) is 9.54. The number of hydrogen-bond donors (Lipinski definition) is 1. The van der Waals surface area contributed by atoms with Gasteiger partial charge in [-0.15, -0.1) is 0 Å². The summed E-state index contributed by atoms with van der Waals surface area (Å²) in [6, 6.07) is 0. The summed E-state index contributed by atoms with van der Waals surface area (Å²) in [6.45, 7) is 1.72. The predicted octanol–water partition coefficient (Wildman–Crippen LogP) is 1.19. The number of hydrogen-bond acceptors (Lipinski definition) is 4. The van der Waals surface area contributed by atoms with E-state index >= 15 is 0 Å². The highest BCUT2D eigenvalue weighted by Crippen LogP contribution is 2.32. The highest BCUT2D eigenvalue weighted by Gasteiger charge is 2.44. The Morgan fingerprint density at radius 2 is 2.23 bits per heavy atom. The van der Waals surface area contributed by atoms with Crippen LogP contribution in [0.3, 0.4) is 0 Å². The molecule has 0 fully saturated rings. The van der Waals surface area contributed by atoms with Crippen molar-refractivity contribution in [1.82, 2.24) is 10.4 Å². The molecule has 76 valence electrons. The fourth-order valence-electron chi connectivity index (χ4n) is 1.14. The molecule has 4 nitrogen and oxygen atoms in total.